The van der Waals surface area contributed by atoms with Crippen molar-refractivity contribution in [2.75, 3.05) is 20.2 Å². The highest BCUT2D eigenvalue weighted by molar-refractivity contribution is 6.42. The van der Waals surface area contributed by atoms with Crippen LogP contribution >= 0.6 is 23.2 Å². The first kappa shape index (κ1) is 16.4. The molecule has 3 rings (SSSR count). The third-order valence-corrected chi connectivity index (χ3v) is 5.07. The van der Waals surface area contributed by atoms with Gasteiger partial charge in [0.1, 0.15) is 0 Å². The second-order valence-corrected chi connectivity index (χ2v) is 6.59. The van der Waals surface area contributed by atoms with Gasteiger partial charge in [0, 0.05) is 25.2 Å². The molecule has 0 amide bonds. The zero-order valence-electron chi connectivity index (χ0n) is 13.0. The van der Waals surface area contributed by atoms with E-state index in [1.54, 1.807) is 7.11 Å². The molecule has 23 heavy (non-hydrogen) atoms. The Balaban J connectivity index is 1.66. The van der Waals surface area contributed by atoms with Crippen molar-refractivity contribution in [1.29, 1.82) is 0 Å². The molecule has 122 valence electrons. The van der Waals surface area contributed by atoms with E-state index in [2.05, 4.69) is 4.90 Å². The van der Waals surface area contributed by atoms with E-state index in [0.29, 0.717) is 15.8 Å². The summed E-state index contributed by atoms with van der Waals surface area (Å²) in [6.07, 6.45) is 1.76. The van der Waals surface area contributed by atoms with Gasteiger partial charge in [0.25, 0.3) is 0 Å². The molecule has 0 aromatic heterocycles. The number of fused-ring (bicyclic) bond motifs is 1. The van der Waals surface area contributed by atoms with Crippen LogP contribution < -0.4 is 4.74 Å². The van der Waals surface area contributed by atoms with Crippen LogP contribution in [0.2, 0.25) is 10.0 Å². The summed E-state index contributed by atoms with van der Waals surface area (Å²) in [6, 6.07) is 9.66. The number of hydrogen-bond acceptors (Lipinski definition) is 3. The second-order valence-electron chi connectivity index (χ2n) is 5.78. The lowest BCUT2D eigenvalue weighted by molar-refractivity contribution is 0.253. The smallest absolute Gasteiger partial charge is 0.161 e. The van der Waals surface area contributed by atoms with Crippen molar-refractivity contribution < 1.29 is 9.84 Å². The number of aromatic hydroxyl groups is 1. The molecule has 1 N–H and O–H groups in total. The van der Waals surface area contributed by atoms with Gasteiger partial charge in [-0.2, -0.15) is 0 Å². The summed E-state index contributed by atoms with van der Waals surface area (Å²) < 4.78 is 5.18. The lowest BCUT2D eigenvalue weighted by Gasteiger charge is -2.29. The minimum absolute atomic E-state index is 0.286. The van der Waals surface area contributed by atoms with Gasteiger partial charge in [-0.3, -0.25) is 4.90 Å². The first-order chi connectivity index (χ1) is 11.1. The summed E-state index contributed by atoms with van der Waals surface area (Å²) in [5, 5.41) is 11.4. The molecule has 1 heterocycles. The first-order valence-electron chi connectivity index (χ1n) is 7.62. The van der Waals surface area contributed by atoms with Crippen LogP contribution in [0, 0.1) is 0 Å². The summed E-state index contributed by atoms with van der Waals surface area (Å²) in [6.45, 7) is 2.72. The normalized spacial score (nSPS) is 14.6. The molecule has 0 radical (unpaired) electrons. The van der Waals surface area contributed by atoms with E-state index < -0.39 is 0 Å². The molecular formula is C18H19Cl2NO2. The summed E-state index contributed by atoms with van der Waals surface area (Å²) in [5.74, 6) is 0.835. The minimum Gasteiger partial charge on any atom is -0.504 e. The van der Waals surface area contributed by atoms with Crippen molar-refractivity contribution in [1.82, 2.24) is 4.90 Å². The average molecular weight is 352 g/mol. The minimum atomic E-state index is 0.286. The van der Waals surface area contributed by atoms with Gasteiger partial charge in [0.05, 0.1) is 17.2 Å². The molecule has 0 aliphatic carbocycles. The van der Waals surface area contributed by atoms with E-state index in [9.17, 15) is 5.11 Å². The molecule has 2 aromatic rings. The van der Waals surface area contributed by atoms with E-state index in [-0.39, 0.29) is 5.75 Å². The maximum absolute atomic E-state index is 10.2. The Hall–Kier alpha value is -1.42. The summed E-state index contributed by atoms with van der Waals surface area (Å²) >= 11 is 12.0. The van der Waals surface area contributed by atoms with Crippen LogP contribution in [0.1, 0.15) is 16.7 Å². The molecule has 0 fully saturated rings. The van der Waals surface area contributed by atoms with Gasteiger partial charge in [0.15, 0.2) is 11.5 Å². The van der Waals surface area contributed by atoms with Crippen LogP contribution in [0.3, 0.4) is 0 Å². The van der Waals surface area contributed by atoms with Gasteiger partial charge in [0.2, 0.25) is 0 Å². The van der Waals surface area contributed by atoms with E-state index in [1.165, 1.54) is 11.1 Å². The predicted octanol–water partition coefficient (Wildman–Crippen LogP) is 4.31. The highest BCUT2D eigenvalue weighted by Crippen LogP contribution is 2.35. The van der Waals surface area contributed by atoms with Crippen molar-refractivity contribution >= 4 is 23.2 Å². The van der Waals surface area contributed by atoms with Gasteiger partial charge < -0.3 is 9.84 Å². The Morgan fingerprint density at radius 3 is 2.74 bits per heavy atom. The summed E-state index contributed by atoms with van der Waals surface area (Å²) in [4.78, 5) is 2.39. The quantitative estimate of drug-likeness (QED) is 0.890. The molecule has 2 aromatic carbocycles. The van der Waals surface area contributed by atoms with Crippen molar-refractivity contribution in [3.63, 3.8) is 0 Å². The highest BCUT2D eigenvalue weighted by atomic mass is 35.5. The maximum atomic E-state index is 10.2. The van der Waals surface area contributed by atoms with Crippen molar-refractivity contribution in [2.24, 2.45) is 0 Å². The van der Waals surface area contributed by atoms with Gasteiger partial charge in [-0.15, -0.1) is 0 Å². The Morgan fingerprint density at radius 2 is 2.00 bits per heavy atom. The van der Waals surface area contributed by atoms with Crippen LogP contribution in [-0.4, -0.2) is 30.2 Å². The number of methoxy groups -OCH3 is 1. The number of phenolic OH excluding ortho intramolecular Hbond substituents is 1. The standard InChI is InChI=1S/C18H19Cl2NO2/c1-23-17-5-3-13-11-21(9-7-14(13)18(17)22)8-6-12-2-4-15(19)16(20)10-12/h2-5,10,22H,6-9,11H2,1H3. The molecule has 5 heteroatoms. The number of phenols is 1. The van der Waals surface area contributed by atoms with Crippen LogP contribution in [0.15, 0.2) is 30.3 Å². The van der Waals surface area contributed by atoms with Gasteiger partial charge in [-0.25, -0.2) is 0 Å². The highest BCUT2D eigenvalue weighted by Gasteiger charge is 2.20. The van der Waals surface area contributed by atoms with Crippen molar-refractivity contribution in [2.45, 2.75) is 19.4 Å². The molecule has 3 nitrogen and oxygen atoms in total. The van der Waals surface area contributed by atoms with Crippen LogP contribution in [0.25, 0.3) is 0 Å². The van der Waals surface area contributed by atoms with E-state index in [4.69, 9.17) is 27.9 Å². The second kappa shape index (κ2) is 7.00. The molecule has 0 unspecified atom stereocenters. The van der Waals surface area contributed by atoms with E-state index >= 15 is 0 Å². The Labute approximate surface area is 146 Å². The predicted molar refractivity (Wildman–Crippen MR) is 93.8 cm³/mol. The molecule has 0 atom stereocenters. The topological polar surface area (TPSA) is 32.7 Å². The molecular weight excluding hydrogens is 333 g/mol. The SMILES string of the molecule is COc1ccc2c(c1O)CCN(CCc1ccc(Cl)c(Cl)c1)C2. The van der Waals surface area contributed by atoms with Crippen LogP contribution in [0.4, 0.5) is 0 Å². The molecule has 0 saturated carbocycles. The number of halogens is 2. The van der Waals surface area contributed by atoms with E-state index in [1.807, 2.05) is 30.3 Å². The van der Waals surface area contributed by atoms with Crippen molar-refractivity contribution in [3.8, 4) is 11.5 Å². The number of benzene rings is 2. The lowest BCUT2D eigenvalue weighted by Crippen LogP contribution is -2.32. The molecule has 1 aliphatic rings. The molecule has 0 spiro atoms. The lowest BCUT2D eigenvalue weighted by atomic mass is 9.97. The van der Waals surface area contributed by atoms with Crippen molar-refractivity contribution in [3.05, 3.63) is 57.1 Å². The third-order valence-electron chi connectivity index (χ3n) is 4.34. The maximum Gasteiger partial charge on any atom is 0.161 e. The Bertz CT molecular complexity index is 718. The third kappa shape index (κ3) is 3.57. The number of nitrogens with zero attached hydrogens (tertiary/aromatic N) is 1. The fourth-order valence-electron chi connectivity index (χ4n) is 3.01. The fraction of sp³-hybridized carbons (Fsp3) is 0.333. The monoisotopic (exact) mass is 351 g/mol. The Kier molecular flexibility index (Phi) is 5.00. The van der Waals surface area contributed by atoms with Crippen LogP contribution in [-0.2, 0) is 19.4 Å². The fourth-order valence-corrected chi connectivity index (χ4v) is 3.33. The first-order valence-corrected chi connectivity index (χ1v) is 8.38. The number of ether oxygens (including phenoxy) is 1. The van der Waals surface area contributed by atoms with Gasteiger partial charge in [-0.05, 0) is 42.2 Å². The summed E-state index contributed by atoms with van der Waals surface area (Å²) in [5.41, 5.74) is 3.36. The molecule has 1 aliphatic heterocycles. The zero-order chi connectivity index (χ0) is 16.4. The number of hydrogen-bond donors (Lipinski definition) is 1. The molecule has 0 bridgehead atoms. The number of rotatable bonds is 4. The zero-order valence-corrected chi connectivity index (χ0v) is 14.5. The largest absolute Gasteiger partial charge is 0.504 e. The van der Waals surface area contributed by atoms with E-state index in [0.717, 1.165) is 38.0 Å². The van der Waals surface area contributed by atoms with Gasteiger partial charge in [-0.1, -0.05) is 35.3 Å². The van der Waals surface area contributed by atoms with Crippen LogP contribution in [0.5, 0.6) is 11.5 Å². The van der Waals surface area contributed by atoms with Gasteiger partial charge >= 0.3 is 0 Å². The summed E-state index contributed by atoms with van der Waals surface area (Å²) in [7, 11) is 1.58. The Morgan fingerprint density at radius 1 is 1.17 bits per heavy atom. The average Bonchev–Trinajstić information content (AvgIpc) is 2.56. The molecule has 0 saturated heterocycles.